The maximum Gasteiger partial charge on any atom is 0.379 e. The highest BCUT2D eigenvalue weighted by atomic mass is 16.5. The van der Waals surface area contributed by atoms with Crippen molar-refractivity contribution in [1.82, 2.24) is 0 Å². The van der Waals surface area contributed by atoms with Crippen LogP contribution in [0.3, 0.4) is 0 Å². The third-order valence-corrected chi connectivity index (χ3v) is 3.92. The van der Waals surface area contributed by atoms with Crippen molar-refractivity contribution in [3.05, 3.63) is 96.4 Å². The molecule has 4 aromatic rings. The molecule has 1 heterocycles. The third kappa shape index (κ3) is 3.59. The first-order valence-corrected chi connectivity index (χ1v) is 8.25. The average molecular weight is 344 g/mol. The molecule has 0 saturated heterocycles. The van der Waals surface area contributed by atoms with Gasteiger partial charge in [0.1, 0.15) is 23.9 Å². The fraction of sp³-hybridized carbons (Fsp3) is 0.0455. The van der Waals surface area contributed by atoms with Crippen LogP contribution in [0.5, 0.6) is 11.5 Å². The van der Waals surface area contributed by atoms with Crippen molar-refractivity contribution < 1.29 is 18.7 Å². The lowest BCUT2D eigenvalue weighted by molar-refractivity contribution is 0.0697. The van der Waals surface area contributed by atoms with Gasteiger partial charge in [0.2, 0.25) is 5.76 Å². The average Bonchev–Trinajstić information content (AvgIpc) is 3.16. The molecule has 0 bridgehead atoms. The van der Waals surface area contributed by atoms with Gasteiger partial charge in [-0.3, -0.25) is 0 Å². The molecule has 0 aliphatic carbocycles. The van der Waals surface area contributed by atoms with Gasteiger partial charge < -0.3 is 13.9 Å². The first-order valence-electron chi connectivity index (χ1n) is 8.25. The summed E-state index contributed by atoms with van der Waals surface area (Å²) in [6.07, 6.45) is 0. The molecule has 26 heavy (non-hydrogen) atoms. The van der Waals surface area contributed by atoms with E-state index in [4.69, 9.17) is 13.9 Å². The lowest BCUT2D eigenvalue weighted by Crippen LogP contribution is -2.07. The highest BCUT2D eigenvalue weighted by molar-refractivity contribution is 5.88. The van der Waals surface area contributed by atoms with Gasteiger partial charge in [-0.1, -0.05) is 48.5 Å². The minimum Gasteiger partial charge on any atom is -0.486 e. The lowest BCUT2D eigenvalue weighted by Gasteiger charge is -2.06. The van der Waals surface area contributed by atoms with E-state index in [-0.39, 0.29) is 12.4 Å². The van der Waals surface area contributed by atoms with Gasteiger partial charge in [0.15, 0.2) is 0 Å². The Kier molecular flexibility index (Phi) is 4.39. The van der Waals surface area contributed by atoms with Crippen LogP contribution in [0.25, 0.3) is 10.8 Å². The quantitative estimate of drug-likeness (QED) is 0.367. The molecule has 0 spiro atoms. The summed E-state index contributed by atoms with van der Waals surface area (Å²) in [5.74, 6) is 1.38. The third-order valence-electron chi connectivity index (χ3n) is 3.92. The molecule has 0 radical (unpaired) electrons. The van der Waals surface area contributed by atoms with Crippen LogP contribution in [0.2, 0.25) is 0 Å². The van der Waals surface area contributed by atoms with Crippen LogP contribution < -0.4 is 9.47 Å². The normalized spacial score (nSPS) is 10.6. The van der Waals surface area contributed by atoms with Gasteiger partial charge >= 0.3 is 5.97 Å². The summed E-state index contributed by atoms with van der Waals surface area (Å²) in [6, 6.07) is 26.2. The van der Waals surface area contributed by atoms with Crippen molar-refractivity contribution in [1.29, 1.82) is 0 Å². The second-order valence-electron chi connectivity index (χ2n) is 5.77. The number of furan rings is 1. The van der Waals surface area contributed by atoms with Crippen LogP contribution >= 0.6 is 0 Å². The van der Waals surface area contributed by atoms with E-state index in [9.17, 15) is 4.79 Å². The molecule has 1 aromatic heterocycles. The molecular formula is C22H16O4. The largest absolute Gasteiger partial charge is 0.486 e. The molecule has 3 aromatic carbocycles. The van der Waals surface area contributed by atoms with E-state index in [1.807, 2.05) is 42.5 Å². The number of para-hydroxylation sites is 1. The van der Waals surface area contributed by atoms with E-state index in [1.165, 1.54) is 0 Å². The molecule has 0 fully saturated rings. The van der Waals surface area contributed by atoms with Gasteiger partial charge in [-0.15, -0.1) is 0 Å². The van der Waals surface area contributed by atoms with Gasteiger partial charge in [-0.05, 0) is 47.2 Å². The van der Waals surface area contributed by atoms with Crippen LogP contribution in [0.1, 0.15) is 16.3 Å². The maximum atomic E-state index is 12.1. The zero-order valence-corrected chi connectivity index (χ0v) is 13.9. The summed E-state index contributed by atoms with van der Waals surface area (Å²) in [5, 5.41) is 2.26. The zero-order chi connectivity index (χ0) is 17.8. The highest BCUT2D eigenvalue weighted by Gasteiger charge is 2.14. The Balaban J connectivity index is 1.40. The Morgan fingerprint density at radius 2 is 1.54 bits per heavy atom. The first-order chi connectivity index (χ1) is 12.8. The standard InChI is InChI=1S/C22H16O4/c23-22(26-18-8-2-1-3-9-18)21-13-12-20(25-21)15-24-19-11-10-16-6-4-5-7-17(16)14-19/h1-14H,15H2. The second kappa shape index (κ2) is 7.15. The fourth-order valence-corrected chi connectivity index (χ4v) is 2.62. The van der Waals surface area contributed by atoms with Crippen LogP contribution in [0.15, 0.2) is 89.3 Å². The van der Waals surface area contributed by atoms with E-state index in [0.29, 0.717) is 11.5 Å². The molecule has 4 heteroatoms. The van der Waals surface area contributed by atoms with Crippen molar-refractivity contribution in [2.24, 2.45) is 0 Å². The Morgan fingerprint density at radius 1 is 0.769 bits per heavy atom. The molecule has 0 amide bonds. The summed E-state index contributed by atoms with van der Waals surface area (Å²) in [4.78, 5) is 12.1. The number of carbonyl (C=O) groups excluding carboxylic acids is 1. The summed E-state index contributed by atoms with van der Waals surface area (Å²) in [6.45, 7) is 0.233. The predicted octanol–water partition coefficient (Wildman–Crippen LogP) is 5.23. The Hall–Kier alpha value is -3.53. The minimum atomic E-state index is -0.534. The van der Waals surface area contributed by atoms with E-state index >= 15 is 0 Å². The van der Waals surface area contributed by atoms with E-state index in [1.54, 1.807) is 36.4 Å². The number of rotatable bonds is 5. The second-order valence-corrected chi connectivity index (χ2v) is 5.77. The number of esters is 1. The van der Waals surface area contributed by atoms with E-state index < -0.39 is 5.97 Å². The summed E-state index contributed by atoms with van der Waals surface area (Å²) in [7, 11) is 0. The van der Waals surface area contributed by atoms with Crippen LogP contribution in [0.4, 0.5) is 0 Å². The molecule has 0 N–H and O–H groups in total. The van der Waals surface area contributed by atoms with E-state index in [0.717, 1.165) is 16.5 Å². The molecule has 128 valence electrons. The van der Waals surface area contributed by atoms with E-state index in [2.05, 4.69) is 6.07 Å². The smallest absolute Gasteiger partial charge is 0.379 e. The SMILES string of the molecule is O=C(Oc1ccccc1)c1ccc(COc2ccc3ccccc3c2)o1. The number of benzene rings is 3. The van der Waals surface area contributed by atoms with Gasteiger partial charge in [0, 0.05) is 0 Å². The number of fused-ring (bicyclic) bond motifs is 1. The molecular weight excluding hydrogens is 328 g/mol. The van der Waals surface area contributed by atoms with Crippen molar-refractivity contribution in [3.8, 4) is 11.5 Å². The molecule has 0 unspecified atom stereocenters. The van der Waals surface area contributed by atoms with Crippen LogP contribution in [-0.4, -0.2) is 5.97 Å². The van der Waals surface area contributed by atoms with Crippen molar-refractivity contribution >= 4 is 16.7 Å². The van der Waals surface area contributed by atoms with Gasteiger partial charge in [0.05, 0.1) is 0 Å². The number of carbonyl (C=O) groups is 1. The number of hydrogen-bond donors (Lipinski definition) is 0. The summed E-state index contributed by atoms with van der Waals surface area (Å²) < 4.78 is 16.5. The van der Waals surface area contributed by atoms with Gasteiger partial charge in [-0.2, -0.15) is 0 Å². The van der Waals surface area contributed by atoms with Crippen LogP contribution in [-0.2, 0) is 6.61 Å². The molecule has 0 atom stereocenters. The molecule has 0 saturated carbocycles. The van der Waals surface area contributed by atoms with Crippen molar-refractivity contribution in [2.75, 3.05) is 0 Å². The number of hydrogen-bond acceptors (Lipinski definition) is 4. The molecule has 0 aliphatic rings. The topological polar surface area (TPSA) is 48.7 Å². The summed E-state index contributed by atoms with van der Waals surface area (Å²) >= 11 is 0. The molecule has 0 aliphatic heterocycles. The first kappa shape index (κ1) is 16.0. The van der Waals surface area contributed by atoms with Crippen molar-refractivity contribution in [3.63, 3.8) is 0 Å². The van der Waals surface area contributed by atoms with Crippen molar-refractivity contribution in [2.45, 2.75) is 6.61 Å². The zero-order valence-electron chi connectivity index (χ0n) is 13.9. The Labute approximate surface area is 150 Å². The predicted molar refractivity (Wildman–Crippen MR) is 98.4 cm³/mol. The summed E-state index contributed by atoms with van der Waals surface area (Å²) in [5.41, 5.74) is 0. The van der Waals surface area contributed by atoms with Gasteiger partial charge in [-0.25, -0.2) is 4.79 Å². The molecule has 4 rings (SSSR count). The highest BCUT2D eigenvalue weighted by Crippen LogP contribution is 2.22. The minimum absolute atomic E-state index is 0.144. The Bertz CT molecular complexity index is 1030. The monoisotopic (exact) mass is 344 g/mol. The maximum absolute atomic E-state index is 12.1. The molecule has 4 nitrogen and oxygen atoms in total. The Morgan fingerprint density at radius 3 is 2.38 bits per heavy atom. The fourth-order valence-electron chi connectivity index (χ4n) is 2.62. The number of ether oxygens (including phenoxy) is 2. The van der Waals surface area contributed by atoms with Crippen LogP contribution in [0, 0.1) is 0 Å². The lowest BCUT2D eigenvalue weighted by atomic mass is 10.1. The van der Waals surface area contributed by atoms with Gasteiger partial charge in [0.25, 0.3) is 0 Å².